The van der Waals surface area contributed by atoms with Crippen LogP contribution in [0, 0.1) is 6.92 Å². The summed E-state index contributed by atoms with van der Waals surface area (Å²) in [7, 11) is 1.81. The summed E-state index contributed by atoms with van der Waals surface area (Å²) >= 11 is 1.72. The molecule has 0 unspecified atom stereocenters. The number of aliphatic imine (C=N–C) groups is 1. The van der Waals surface area contributed by atoms with Crippen LogP contribution >= 0.6 is 11.3 Å². The summed E-state index contributed by atoms with van der Waals surface area (Å²) in [6, 6.07) is 10.8. The van der Waals surface area contributed by atoms with Crippen molar-refractivity contribution in [3.63, 3.8) is 0 Å². The smallest absolute Gasteiger partial charge is 0.191 e. The lowest BCUT2D eigenvalue weighted by Gasteiger charge is -2.18. The van der Waals surface area contributed by atoms with Crippen molar-refractivity contribution in [3.05, 3.63) is 52.0 Å². The maximum atomic E-state index is 4.31. The zero-order chi connectivity index (χ0) is 15.4. The van der Waals surface area contributed by atoms with Crippen LogP contribution < -0.4 is 10.6 Å². The van der Waals surface area contributed by atoms with Gasteiger partial charge >= 0.3 is 0 Å². The summed E-state index contributed by atoms with van der Waals surface area (Å²) in [5.74, 6) is 0.855. The number of rotatable bonds is 5. The zero-order valence-corrected chi connectivity index (χ0v) is 13.9. The van der Waals surface area contributed by atoms with E-state index in [1.807, 2.05) is 20.2 Å². The molecular formula is C17H22N4S. The first kappa shape index (κ1) is 15.0. The lowest BCUT2D eigenvalue weighted by molar-refractivity contribution is 0.646. The van der Waals surface area contributed by atoms with E-state index in [4.69, 9.17) is 0 Å². The highest BCUT2D eigenvalue weighted by atomic mass is 32.1. The molecule has 1 aliphatic rings. The predicted octanol–water partition coefficient (Wildman–Crippen LogP) is 2.85. The first-order valence-electron chi connectivity index (χ1n) is 7.63. The van der Waals surface area contributed by atoms with Crippen molar-refractivity contribution < 1.29 is 0 Å². The van der Waals surface area contributed by atoms with Crippen LogP contribution in [0.25, 0.3) is 0 Å². The number of hydrogen-bond donors (Lipinski definition) is 2. The first-order chi connectivity index (χ1) is 10.7. The number of thiazole rings is 1. The Hall–Kier alpha value is -1.88. The molecule has 0 saturated heterocycles. The van der Waals surface area contributed by atoms with Crippen molar-refractivity contribution in [1.82, 2.24) is 15.6 Å². The molecule has 1 aromatic carbocycles. The van der Waals surface area contributed by atoms with Gasteiger partial charge < -0.3 is 10.6 Å². The fraction of sp³-hybridized carbons (Fsp3) is 0.412. The SMILES string of the molecule is CN=C(NCc1cnc(C)s1)NCC1(c2ccccc2)CC1. The molecule has 2 aromatic rings. The monoisotopic (exact) mass is 314 g/mol. The first-order valence-corrected chi connectivity index (χ1v) is 8.45. The second kappa shape index (κ2) is 6.48. The van der Waals surface area contributed by atoms with Crippen molar-refractivity contribution in [1.29, 1.82) is 0 Å². The average Bonchev–Trinajstić information content (AvgIpc) is 3.24. The van der Waals surface area contributed by atoms with E-state index in [2.05, 4.69) is 50.9 Å². The van der Waals surface area contributed by atoms with Crippen LogP contribution in [-0.2, 0) is 12.0 Å². The summed E-state index contributed by atoms with van der Waals surface area (Å²) in [5.41, 5.74) is 1.72. The van der Waals surface area contributed by atoms with Crippen LogP contribution in [0.3, 0.4) is 0 Å². The molecule has 0 radical (unpaired) electrons. The maximum absolute atomic E-state index is 4.31. The summed E-state index contributed by atoms with van der Waals surface area (Å²) in [5, 5.41) is 7.93. The minimum absolute atomic E-state index is 0.292. The third kappa shape index (κ3) is 3.47. The molecule has 1 heterocycles. The highest BCUT2D eigenvalue weighted by molar-refractivity contribution is 7.11. The Morgan fingerprint density at radius 3 is 2.64 bits per heavy atom. The number of guanidine groups is 1. The molecule has 2 N–H and O–H groups in total. The van der Waals surface area contributed by atoms with E-state index in [1.54, 1.807) is 11.3 Å². The molecule has 1 aromatic heterocycles. The van der Waals surface area contributed by atoms with Gasteiger partial charge in [-0.3, -0.25) is 4.99 Å². The van der Waals surface area contributed by atoms with E-state index in [-0.39, 0.29) is 0 Å². The van der Waals surface area contributed by atoms with Crippen LogP contribution in [0.4, 0.5) is 0 Å². The third-order valence-corrected chi connectivity index (χ3v) is 5.07. The quantitative estimate of drug-likeness (QED) is 0.659. The van der Waals surface area contributed by atoms with Gasteiger partial charge in [0.2, 0.25) is 0 Å². The fourth-order valence-electron chi connectivity index (χ4n) is 2.64. The molecule has 4 nitrogen and oxygen atoms in total. The number of hydrogen-bond acceptors (Lipinski definition) is 3. The Labute approximate surface area is 135 Å². The zero-order valence-electron chi connectivity index (χ0n) is 13.1. The minimum atomic E-state index is 0.292. The predicted molar refractivity (Wildman–Crippen MR) is 92.4 cm³/mol. The molecule has 1 fully saturated rings. The maximum Gasteiger partial charge on any atom is 0.191 e. The number of aromatic nitrogens is 1. The van der Waals surface area contributed by atoms with Crippen molar-refractivity contribution in [2.24, 2.45) is 4.99 Å². The molecule has 22 heavy (non-hydrogen) atoms. The van der Waals surface area contributed by atoms with Gasteiger partial charge in [0.05, 0.1) is 11.6 Å². The van der Waals surface area contributed by atoms with E-state index >= 15 is 0 Å². The number of aryl methyl sites for hydroxylation is 1. The molecule has 116 valence electrons. The minimum Gasteiger partial charge on any atom is -0.356 e. The summed E-state index contributed by atoms with van der Waals surface area (Å²) < 4.78 is 0. The molecule has 5 heteroatoms. The molecule has 0 aliphatic heterocycles. The van der Waals surface area contributed by atoms with Gasteiger partial charge in [-0.05, 0) is 25.3 Å². The lowest BCUT2D eigenvalue weighted by atomic mass is 9.96. The average molecular weight is 314 g/mol. The molecule has 3 rings (SSSR count). The Morgan fingerprint density at radius 1 is 1.27 bits per heavy atom. The van der Waals surface area contributed by atoms with Crippen molar-refractivity contribution in [2.45, 2.75) is 31.7 Å². The fourth-order valence-corrected chi connectivity index (χ4v) is 3.38. The van der Waals surface area contributed by atoms with Crippen LogP contribution in [0.5, 0.6) is 0 Å². The molecule has 1 saturated carbocycles. The van der Waals surface area contributed by atoms with Gasteiger partial charge in [0.1, 0.15) is 0 Å². The summed E-state index contributed by atoms with van der Waals surface area (Å²) in [4.78, 5) is 9.81. The van der Waals surface area contributed by atoms with Crippen molar-refractivity contribution in [3.8, 4) is 0 Å². The second-order valence-electron chi connectivity index (χ2n) is 5.77. The van der Waals surface area contributed by atoms with Crippen LogP contribution in [0.1, 0.15) is 28.3 Å². The third-order valence-electron chi connectivity index (χ3n) is 4.16. The Bertz CT molecular complexity index is 644. The van der Waals surface area contributed by atoms with Crippen LogP contribution in [0.2, 0.25) is 0 Å². The van der Waals surface area contributed by atoms with Gasteiger partial charge in [-0.1, -0.05) is 30.3 Å². The lowest BCUT2D eigenvalue weighted by Crippen LogP contribution is -2.40. The van der Waals surface area contributed by atoms with Crippen molar-refractivity contribution >= 4 is 17.3 Å². The number of benzene rings is 1. The molecule has 0 atom stereocenters. The summed E-state index contributed by atoms with van der Waals surface area (Å²) in [6.45, 7) is 3.72. The molecular weight excluding hydrogens is 292 g/mol. The van der Waals surface area contributed by atoms with E-state index in [0.29, 0.717) is 5.41 Å². The van der Waals surface area contributed by atoms with Gasteiger partial charge in [-0.25, -0.2) is 4.98 Å². The van der Waals surface area contributed by atoms with E-state index in [0.717, 1.165) is 24.1 Å². The van der Waals surface area contributed by atoms with Gasteiger partial charge in [0, 0.05) is 30.1 Å². The van der Waals surface area contributed by atoms with Gasteiger partial charge in [0.15, 0.2) is 5.96 Å². The van der Waals surface area contributed by atoms with Gasteiger partial charge in [-0.15, -0.1) is 11.3 Å². The summed E-state index contributed by atoms with van der Waals surface area (Å²) in [6.07, 6.45) is 4.41. The van der Waals surface area contributed by atoms with Crippen LogP contribution in [0.15, 0.2) is 41.5 Å². The van der Waals surface area contributed by atoms with E-state index < -0.39 is 0 Å². The largest absolute Gasteiger partial charge is 0.356 e. The van der Waals surface area contributed by atoms with Crippen molar-refractivity contribution in [2.75, 3.05) is 13.6 Å². The van der Waals surface area contributed by atoms with Crippen LogP contribution in [-0.4, -0.2) is 24.5 Å². The van der Waals surface area contributed by atoms with Gasteiger partial charge in [-0.2, -0.15) is 0 Å². The Kier molecular flexibility index (Phi) is 4.43. The van der Waals surface area contributed by atoms with E-state index in [1.165, 1.54) is 23.3 Å². The Morgan fingerprint density at radius 2 is 2.05 bits per heavy atom. The second-order valence-corrected chi connectivity index (χ2v) is 7.09. The number of nitrogens with one attached hydrogen (secondary N) is 2. The highest BCUT2D eigenvalue weighted by Gasteiger charge is 2.43. The molecule has 0 amide bonds. The van der Waals surface area contributed by atoms with Gasteiger partial charge in [0.25, 0.3) is 0 Å². The standard InChI is InChI=1S/C17H22N4S/c1-13-19-10-15(22-13)11-20-16(18-2)21-12-17(8-9-17)14-6-4-3-5-7-14/h3-7,10H,8-9,11-12H2,1-2H3,(H2,18,20,21). The molecule has 0 bridgehead atoms. The highest BCUT2D eigenvalue weighted by Crippen LogP contribution is 2.47. The molecule has 0 spiro atoms. The topological polar surface area (TPSA) is 49.3 Å². The molecule has 1 aliphatic carbocycles. The normalized spacial score (nSPS) is 16.4. The Balaban J connectivity index is 1.53. The van der Waals surface area contributed by atoms with E-state index in [9.17, 15) is 0 Å². The number of nitrogens with zero attached hydrogens (tertiary/aromatic N) is 2.